The van der Waals surface area contributed by atoms with Gasteiger partial charge in [0.2, 0.25) is 11.9 Å². The van der Waals surface area contributed by atoms with E-state index < -0.39 is 5.92 Å². The fourth-order valence-corrected chi connectivity index (χ4v) is 3.73. The van der Waals surface area contributed by atoms with Crippen LogP contribution in [-0.2, 0) is 16.1 Å². The van der Waals surface area contributed by atoms with Crippen molar-refractivity contribution in [2.24, 2.45) is 0 Å². The molecule has 1 saturated carbocycles. The van der Waals surface area contributed by atoms with E-state index in [2.05, 4.69) is 20.3 Å². The van der Waals surface area contributed by atoms with Crippen LogP contribution in [0.25, 0.3) is 0 Å². The predicted octanol–water partition coefficient (Wildman–Crippen LogP) is 3.52. The zero-order chi connectivity index (χ0) is 18.5. The maximum Gasteiger partial charge on any atom is 0.287 e. The molecule has 1 fully saturated rings. The van der Waals surface area contributed by atoms with Gasteiger partial charge in [-0.3, -0.25) is 4.79 Å². The van der Waals surface area contributed by atoms with E-state index in [9.17, 15) is 13.6 Å². The van der Waals surface area contributed by atoms with Crippen LogP contribution in [0.1, 0.15) is 44.4 Å². The number of hydrogen-bond acceptors (Lipinski definition) is 5. The topological polar surface area (TPSA) is 71.0 Å². The normalized spacial score (nSPS) is 17.8. The molecule has 1 N–H and O–H groups in total. The summed E-state index contributed by atoms with van der Waals surface area (Å²) >= 11 is 0. The SMILES string of the molecule is CC(=O)Nc1cc2c(cn1)C1(CCC1)CN2c1nccc(C(C)(F)F)n1. The van der Waals surface area contributed by atoms with Crippen molar-refractivity contribution < 1.29 is 13.6 Å². The minimum absolute atomic E-state index is 0.0365. The van der Waals surface area contributed by atoms with E-state index in [1.54, 1.807) is 12.3 Å². The van der Waals surface area contributed by atoms with Gasteiger partial charge in [0, 0.05) is 49.8 Å². The smallest absolute Gasteiger partial charge is 0.287 e. The Bertz CT molecular complexity index is 876. The molecule has 0 unspecified atom stereocenters. The molecule has 1 aliphatic carbocycles. The van der Waals surface area contributed by atoms with Crippen LogP contribution in [0.3, 0.4) is 0 Å². The second kappa shape index (κ2) is 5.69. The number of nitrogens with one attached hydrogen (secondary N) is 1. The summed E-state index contributed by atoms with van der Waals surface area (Å²) in [6.45, 7) is 2.87. The van der Waals surface area contributed by atoms with Crippen molar-refractivity contribution in [2.45, 2.75) is 44.4 Å². The molecule has 1 spiro atoms. The quantitative estimate of drug-likeness (QED) is 0.908. The number of nitrogens with zero attached hydrogens (tertiary/aromatic N) is 4. The third kappa shape index (κ3) is 2.69. The summed E-state index contributed by atoms with van der Waals surface area (Å²) in [6, 6.07) is 3.00. The largest absolute Gasteiger partial charge is 0.311 e. The lowest BCUT2D eigenvalue weighted by atomic mass is 9.66. The third-order valence-corrected chi connectivity index (χ3v) is 5.15. The molecule has 26 heavy (non-hydrogen) atoms. The number of halogens is 2. The highest BCUT2D eigenvalue weighted by molar-refractivity contribution is 5.88. The molecular weight excluding hydrogens is 340 g/mol. The van der Waals surface area contributed by atoms with Crippen LogP contribution in [0.2, 0.25) is 0 Å². The van der Waals surface area contributed by atoms with Gasteiger partial charge in [0.25, 0.3) is 5.92 Å². The summed E-state index contributed by atoms with van der Waals surface area (Å²) in [5, 5.41) is 2.67. The fraction of sp³-hybridized carbons (Fsp3) is 0.444. The number of carbonyl (C=O) groups excluding carboxylic acids is 1. The maximum atomic E-state index is 13.7. The number of hydrogen-bond donors (Lipinski definition) is 1. The molecular formula is C18H19F2N5O. The van der Waals surface area contributed by atoms with Crippen LogP contribution < -0.4 is 10.2 Å². The summed E-state index contributed by atoms with van der Waals surface area (Å²) in [5.41, 5.74) is 1.54. The standard InChI is InChI=1S/C18H19F2N5O/c1-11(26)23-15-8-13-12(9-22-15)18(5-3-6-18)10-25(13)16-21-7-4-14(24-16)17(2,19)20/h4,7-9H,3,5-6,10H2,1-2H3,(H,22,23,26). The molecule has 0 atom stereocenters. The van der Waals surface area contributed by atoms with Gasteiger partial charge in [0.15, 0.2) is 0 Å². The van der Waals surface area contributed by atoms with Crippen LogP contribution in [0, 0.1) is 0 Å². The number of carbonyl (C=O) groups is 1. The number of aromatic nitrogens is 3. The summed E-state index contributed by atoms with van der Waals surface area (Å²) in [5.74, 6) is -2.58. The van der Waals surface area contributed by atoms with E-state index in [0.29, 0.717) is 12.4 Å². The maximum absolute atomic E-state index is 13.7. The summed E-state index contributed by atoms with van der Waals surface area (Å²) in [6.07, 6.45) is 6.28. The Morgan fingerprint density at radius 1 is 1.35 bits per heavy atom. The van der Waals surface area contributed by atoms with Crippen molar-refractivity contribution in [3.63, 3.8) is 0 Å². The van der Waals surface area contributed by atoms with Gasteiger partial charge >= 0.3 is 0 Å². The molecule has 136 valence electrons. The Balaban J connectivity index is 1.78. The Morgan fingerprint density at radius 2 is 2.12 bits per heavy atom. The molecule has 2 aliphatic rings. The zero-order valence-corrected chi connectivity index (χ0v) is 14.6. The lowest BCUT2D eigenvalue weighted by Crippen LogP contribution is -2.38. The van der Waals surface area contributed by atoms with E-state index in [0.717, 1.165) is 37.4 Å². The van der Waals surface area contributed by atoms with Crippen molar-refractivity contribution in [1.82, 2.24) is 15.0 Å². The zero-order valence-electron chi connectivity index (χ0n) is 14.6. The number of amides is 1. The Labute approximate surface area is 149 Å². The van der Waals surface area contributed by atoms with E-state index in [4.69, 9.17) is 0 Å². The molecule has 2 aromatic rings. The number of pyridine rings is 1. The van der Waals surface area contributed by atoms with Crippen LogP contribution in [0.15, 0.2) is 24.5 Å². The first kappa shape index (κ1) is 16.8. The number of fused-ring (bicyclic) bond motifs is 2. The third-order valence-electron chi connectivity index (χ3n) is 5.15. The Morgan fingerprint density at radius 3 is 2.73 bits per heavy atom. The molecule has 0 radical (unpaired) electrons. The van der Waals surface area contributed by atoms with Crippen LogP contribution in [0.4, 0.5) is 26.2 Å². The number of rotatable bonds is 3. The molecule has 0 aromatic carbocycles. The highest BCUT2D eigenvalue weighted by atomic mass is 19.3. The lowest BCUT2D eigenvalue weighted by molar-refractivity contribution is -0.114. The molecule has 3 heterocycles. The molecule has 1 aliphatic heterocycles. The van der Waals surface area contributed by atoms with Crippen LogP contribution in [-0.4, -0.2) is 27.4 Å². The van der Waals surface area contributed by atoms with Crippen molar-refractivity contribution in [1.29, 1.82) is 0 Å². The average molecular weight is 359 g/mol. The van der Waals surface area contributed by atoms with Gasteiger partial charge in [-0.25, -0.2) is 15.0 Å². The van der Waals surface area contributed by atoms with Crippen LogP contribution in [0.5, 0.6) is 0 Å². The van der Waals surface area contributed by atoms with E-state index in [1.807, 2.05) is 4.90 Å². The Kier molecular flexibility index (Phi) is 3.68. The number of anilines is 3. The van der Waals surface area contributed by atoms with Gasteiger partial charge in [0.05, 0.1) is 5.69 Å². The molecule has 0 bridgehead atoms. The molecule has 1 amide bonds. The fourth-order valence-electron chi connectivity index (χ4n) is 3.73. The highest BCUT2D eigenvalue weighted by Gasteiger charge is 2.48. The second-order valence-corrected chi connectivity index (χ2v) is 7.12. The molecule has 0 saturated heterocycles. The summed E-state index contributed by atoms with van der Waals surface area (Å²) in [4.78, 5) is 25.9. The first-order valence-electron chi connectivity index (χ1n) is 8.56. The first-order chi connectivity index (χ1) is 12.3. The van der Waals surface area contributed by atoms with Gasteiger partial charge in [-0.15, -0.1) is 0 Å². The monoisotopic (exact) mass is 359 g/mol. The van der Waals surface area contributed by atoms with Gasteiger partial charge in [-0.05, 0) is 18.9 Å². The first-order valence-corrected chi connectivity index (χ1v) is 8.56. The minimum Gasteiger partial charge on any atom is -0.311 e. The molecule has 8 heteroatoms. The second-order valence-electron chi connectivity index (χ2n) is 7.12. The average Bonchev–Trinajstić information content (AvgIpc) is 2.88. The van der Waals surface area contributed by atoms with Crippen molar-refractivity contribution in [3.8, 4) is 0 Å². The van der Waals surface area contributed by atoms with Gasteiger partial charge in [0.1, 0.15) is 11.5 Å². The van der Waals surface area contributed by atoms with E-state index >= 15 is 0 Å². The van der Waals surface area contributed by atoms with Crippen molar-refractivity contribution >= 4 is 23.4 Å². The lowest BCUT2D eigenvalue weighted by Gasteiger charge is -2.38. The number of alkyl halides is 2. The van der Waals surface area contributed by atoms with Gasteiger partial charge < -0.3 is 10.2 Å². The van der Waals surface area contributed by atoms with E-state index in [1.165, 1.54) is 19.2 Å². The van der Waals surface area contributed by atoms with Gasteiger partial charge in [-0.1, -0.05) is 6.42 Å². The summed E-state index contributed by atoms with van der Waals surface area (Å²) < 4.78 is 27.4. The highest BCUT2D eigenvalue weighted by Crippen LogP contribution is 2.54. The van der Waals surface area contributed by atoms with Crippen molar-refractivity contribution in [3.05, 3.63) is 35.8 Å². The molecule has 2 aromatic heterocycles. The predicted molar refractivity (Wildman–Crippen MR) is 92.7 cm³/mol. The molecule has 6 nitrogen and oxygen atoms in total. The van der Waals surface area contributed by atoms with Gasteiger partial charge in [-0.2, -0.15) is 8.78 Å². The van der Waals surface area contributed by atoms with E-state index in [-0.39, 0.29) is 23.0 Å². The Hall–Kier alpha value is -2.64. The molecule has 4 rings (SSSR count). The van der Waals surface area contributed by atoms with Crippen molar-refractivity contribution in [2.75, 3.05) is 16.8 Å². The van der Waals surface area contributed by atoms with Crippen LogP contribution >= 0.6 is 0 Å². The minimum atomic E-state index is -3.03. The summed E-state index contributed by atoms with van der Waals surface area (Å²) in [7, 11) is 0.